The summed E-state index contributed by atoms with van der Waals surface area (Å²) in [4.78, 5) is 2.35. The van der Waals surface area contributed by atoms with E-state index in [1.54, 1.807) is 0 Å². The minimum absolute atomic E-state index is 0.490. The number of anilines is 1. The van der Waals surface area contributed by atoms with Gasteiger partial charge < -0.3 is 4.90 Å². The minimum atomic E-state index is 0.490. The van der Waals surface area contributed by atoms with Crippen LogP contribution in [0, 0.1) is 0 Å². The Kier molecular flexibility index (Phi) is 3.33. The average Bonchev–Trinajstić information content (AvgIpc) is 2.68. The number of hydrogen-bond acceptors (Lipinski definition) is 3. The molecule has 0 atom stereocenters. The second kappa shape index (κ2) is 5.11. The van der Waals surface area contributed by atoms with Crippen molar-refractivity contribution < 1.29 is 0 Å². The number of halogens is 1. The molecule has 3 nitrogen and oxygen atoms in total. The van der Waals surface area contributed by atoms with Crippen LogP contribution in [0.4, 0.5) is 5.82 Å². The maximum absolute atomic E-state index is 6.11. The molecule has 0 radical (unpaired) electrons. The van der Waals surface area contributed by atoms with Crippen LogP contribution >= 0.6 is 11.6 Å². The Hall–Kier alpha value is -1.35. The van der Waals surface area contributed by atoms with Gasteiger partial charge in [-0.3, -0.25) is 0 Å². The lowest BCUT2D eigenvalue weighted by Gasteiger charge is -2.22. The number of rotatable bonds is 1. The molecule has 1 aromatic carbocycles. The Bertz CT molecular complexity index is 548. The first-order valence-corrected chi connectivity index (χ1v) is 6.90. The Morgan fingerprint density at radius 3 is 2.28 bits per heavy atom. The third-order valence-electron chi connectivity index (χ3n) is 3.53. The topological polar surface area (TPSA) is 29.0 Å². The van der Waals surface area contributed by atoms with Crippen LogP contribution in [-0.4, -0.2) is 23.3 Å². The quantitative estimate of drug-likeness (QED) is 0.784. The molecule has 0 amide bonds. The number of fused-ring (bicyclic) bond motifs is 1. The molecule has 3 rings (SSSR count). The van der Waals surface area contributed by atoms with Crippen molar-refractivity contribution in [2.75, 3.05) is 18.0 Å². The molecule has 0 aliphatic carbocycles. The Morgan fingerprint density at radius 1 is 0.889 bits per heavy atom. The molecule has 2 heterocycles. The van der Waals surface area contributed by atoms with Crippen molar-refractivity contribution in [3.05, 3.63) is 29.4 Å². The molecule has 1 fully saturated rings. The molecule has 0 bridgehead atoms. The van der Waals surface area contributed by atoms with Gasteiger partial charge in [0, 0.05) is 23.9 Å². The monoisotopic (exact) mass is 261 g/mol. The van der Waals surface area contributed by atoms with Gasteiger partial charge in [0.2, 0.25) is 0 Å². The zero-order valence-electron chi connectivity index (χ0n) is 10.3. The van der Waals surface area contributed by atoms with Crippen molar-refractivity contribution in [1.82, 2.24) is 10.2 Å². The van der Waals surface area contributed by atoms with E-state index >= 15 is 0 Å². The smallest absolute Gasteiger partial charge is 0.159 e. The van der Waals surface area contributed by atoms with Crippen molar-refractivity contribution >= 4 is 28.2 Å². The first kappa shape index (κ1) is 11.7. The van der Waals surface area contributed by atoms with Crippen molar-refractivity contribution in [3.8, 4) is 0 Å². The SMILES string of the molecule is Clc1nnc(N2CCCCCC2)c2ccccc12. The molecule has 2 aromatic rings. The highest BCUT2D eigenvalue weighted by atomic mass is 35.5. The number of hydrogen-bond donors (Lipinski definition) is 0. The summed E-state index contributed by atoms with van der Waals surface area (Å²) in [7, 11) is 0. The van der Waals surface area contributed by atoms with E-state index in [-0.39, 0.29) is 0 Å². The third-order valence-corrected chi connectivity index (χ3v) is 3.81. The van der Waals surface area contributed by atoms with Crippen LogP contribution in [0.25, 0.3) is 10.8 Å². The van der Waals surface area contributed by atoms with Crippen molar-refractivity contribution in [3.63, 3.8) is 0 Å². The van der Waals surface area contributed by atoms with Gasteiger partial charge in [-0.25, -0.2) is 0 Å². The van der Waals surface area contributed by atoms with E-state index in [0.717, 1.165) is 29.7 Å². The lowest BCUT2D eigenvalue weighted by molar-refractivity contribution is 0.726. The highest BCUT2D eigenvalue weighted by Gasteiger charge is 2.15. The molecule has 18 heavy (non-hydrogen) atoms. The van der Waals surface area contributed by atoms with E-state index in [4.69, 9.17) is 11.6 Å². The van der Waals surface area contributed by atoms with Gasteiger partial charge in [-0.15, -0.1) is 10.2 Å². The molecule has 0 saturated carbocycles. The van der Waals surface area contributed by atoms with Gasteiger partial charge in [-0.05, 0) is 12.8 Å². The summed E-state index contributed by atoms with van der Waals surface area (Å²) >= 11 is 6.11. The van der Waals surface area contributed by atoms with Gasteiger partial charge in [0.25, 0.3) is 0 Å². The van der Waals surface area contributed by atoms with Crippen LogP contribution in [0.2, 0.25) is 5.15 Å². The molecule has 0 N–H and O–H groups in total. The zero-order chi connectivity index (χ0) is 12.4. The molecule has 94 valence electrons. The predicted octanol–water partition coefficient (Wildman–Crippen LogP) is 3.66. The van der Waals surface area contributed by atoms with Crippen LogP contribution in [0.3, 0.4) is 0 Å². The Labute approximate surface area is 112 Å². The summed E-state index contributed by atoms with van der Waals surface area (Å²) in [6.07, 6.45) is 5.10. The van der Waals surface area contributed by atoms with E-state index in [1.807, 2.05) is 18.2 Å². The minimum Gasteiger partial charge on any atom is -0.355 e. The second-order valence-electron chi connectivity index (χ2n) is 4.76. The Morgan fingerprint density at radius 2 is 1.56 bits per heavy atom. The highest BCUT2D eigenvalue weighted by Crippen LogP contribution is 2.29. The van der Waals surface area contributed by atoms with Crippen molar-refractivity contribution in [1.29, 1.82) is 0 Å². The van der Waals surface area contributed by atoms with E-state index in [9.17, 15) is 0 Å². The predicted molar refractivity (Wildman–Crippen MR) is 75.2 cm³/mol. The highest BCUT2D eigenvalue weighted by molar-refractivity contribution is 6.34. The number of aromatic nitrogens is 2. The molecule has 0 spiro atoms. The molecule has 1 aromatic heterocycles. The molecule has 1 saturated heterocycles. The first-order valence-electron chi connectivity index (χ1n) is 6.52. The van der Waals surface area contributed by atoms with Crippen LogP contribution in [0.15, 0.2) is 24.3 Å². The standard InChI is InChI=1S/C14H16ClN3/c15-13-11-7-3-4-8-12(11)14(17-16-13)18-9-5-1-2-6-10-18/h3-4,7-8H,1-2,5-6,9-10H2. The van der Waals surface area contributed by atoms with E-state index in [1.165, 1.54) is 25.7 Å². The van der Waals surface area contributed by atoms with Crippen LogP contribution in [0.5, 0.6) is 0 Å². The van der Waals surface area contributed by atoms with Crippen molar-refractivity contribution in [2.24, 2.45) is 0 Å². The molecule has 4 heteroatoms. The van der Waals surface area contributed by atoms with E-state index < -0.39 is 0 Å². The zero-order valence-corrected chi connectivity index (χ0v) is 11.0. The number of nitrogens with zero attached hydrogens (tertiary/aromatic N) is 3. The first-order chi connectivity index (χ1) is 8.86. The molecule has 0 unspecified atom stereocenters. The molecular weight excluding hydrogens is 246 g/mol. The van der Waals surface area contributed by atoms with E-state index in [0.29, 0.717) is 5.15 Å². The largest absolute Gasteiger partial charge is 0.355 e. The van der Waals surface area contributed by atoms with E-state index in [2.05, 4.69) is 21.2 Å². The van der Waals surface area contributed by atoms with Crippen LogP contribution in [0.1, 0.15) is 25.7 Å². The molecule has 1 aliphatic rings. The molecule has 1 aliphatic heterocycles. The van der Waals surface area contributed by atoms with Crippen LogP contribution < -0.4 is 4.90 Å². The van der Waals surface area contributed by atoms with Gasteiger partial charge in [-0.1, -0.05) is 48.7 Å². The summed E-state index contributed by atoms with van der Waals surface area (Å²) in [6, 6.07) is 8.10. The van der Waals surface area contributed by atoms with Gasteiger partial charge >= 0.3 is 0 Å². The lowest BCUT2D eigenvalue weighted by Crippen LogP contribution is -2.25. The maximum Gasteiger partial charge on any atom is 0.159 e. The van der Waals surface area contributed by atoms with Gasteiger partial charge in [0.15, 0.2) is 11.0 Å². The fraction of sp³-hybridized carbons (Fsp3) is 0.429. The van der Waals surface area contributed by atoms with Crippen molar-refractivity contribution in [2.45, 2.75) is 25.7 Å². The fourth-order valence-corrected chi connectivity index (χ4v) is 2.78. The van der Waals surface area contributed by atoms with Gasteiger partial charge in [0.1, 0.15) is 0 Å². The molecular formula is C14H16ClN3. The Balaban J connectivity index is 2.08. The van der Waals surface area contributed by atoms with Gasteiger partial charge in [-0.2, -0.15) is 0 Å². The fourth-order valence-electron chi connectivity index (χ4n) is 2.57. The second-order valence-corrected chi connectivity index (χ2v) is 5.12. The van der Waals surface area contributed by atoms with Gasteiger partial charge in [0.05, 0.1) is 0 Å². The summed E-state index contributed by atoms with van der Waals surface area (Å²) < 4.78 is 0. The summed E-state index contributed by atoms with van der Waals surface area (Å²) in [5.41, 5.74) is 0. The third kappa shape index (κ3) is 2.15. The van der Waals surface area contributed by atoms with Crippen LogP contribution in [-0.2, 0) is 0 Å². The maximum atomic E-state index is 6.11. The normalized spacial score (nSPS) is 16.8. The lowest BCUT2D eigenvalue weighted by atomic mass is 10.2. The summed E-state index contributed by atoms with van der Waals surface area (Å²) in [5.74, 6) is 0.983. The number of benzene rings is 1. The summed E-state index contributed by atoms with van der Waals surface area (Å²) in [6.45, 7) is 2.14. The summed E-state index contributed by atoms with van der Waals surface area (Å²) in [5, 5.41) is 11.0. The average molecular weight is 262 g/mol.